The molecular formula is C19H26N2O2. The molecular weight excluding hydrogens is 288 g/mol. The van der Waals surface area contributed by atoms with Crippen molar-refractivity contribution in [1.82, 2.24) is 9.88 Å². The van der Waals surface area contributed by atoms with Crippen LogP contribution in [0.4, 0.5) is 4.79 Å². The molecule has 1 aromatic carbocycles. The Balaban J connectivity index is 1.72. The summed E-state index contributed by atoms with van der Waals surface area (Å²) < 4.78 is 5.52. The van der Waals surface area contributed by atoms with Gasteiger partial charge in [0.05, 0.1) is 0 Å². The number of aromatic nitrogens is 1. The Morgan fingerprint density at radius 3 is 2.74 bits per heavy atom. The second kappa shape index (κ2) is 5.91. The van der Waals surface area contributed by atoms with Crippen molar-refractivity contribution in [3.05, 3.63) is 36.0 Å². The van der Waals surface area contributed by atoms with Crippen molar-refractivity contribution in [2.24, 2.45) is 0 Å². The lowest BCUT2D eigenvalue weighted by molar-refractivity contribution is 0.0104. The summed E-state index contributed by atoms with van der Waals surface area (Å²) >= 11 is 0. The number of piperidine rings is 1. The van der Waals surface area contributed by atoms with Gasteiger partial charge in [-0.15, -0.1) is 0 Å². The first kappa shape index (κ1) is 15.9. The molecule has 23 heavy (non-hydrogen) atoms. The Hall–Kier alpha value is -1.97. The van der Waals surface area contributed by atoms with Crippen molar-refractivity contribution in [3.63, 3.8) is 0 Å². The van der Waals surface area contributed by atoms with Crippen molar-refractivity contribution < 1.29 is 9.53 Å². The van der Waals surface area contributed by atoms with Crippen LogP contribution in [0, 0.1) is 0 Å². The fraction of sp³-hybridized carbons (Fsp3) is 0.526. The Morgan fingerprint density at radius 2 is 2.04 bits per heavy atom. The third-order valence-electron chi connectivity index (χ3n) is 4.57. The number of ether oxygens (including phenoxy) is 1. The Bertz CT molecular complexity index is 699. The van der Waals surface area contributed by atoms with E-state index in [1.54, 1.807) is 0 Å². The largest absolute Gasteiger partial charge is 0.444 e. The summed E-state index contributed by atoms with van der Waals surface area (Å²) in [6.45, 7) is 8.60. The summed E-state index contributed by atoms with van der Waals surface area (Å²) in [5.41, 5.74) is 2.12. The zero-order chi connectivity index (χ0) is 16.6. The molecule has 1 amide bonds. The molecule has 0 radical (unpaired) electrons. The van der Waals surface area contributed by atoms with Gasteiger partial charge >= 0.3 is 6.09 Å². The van der Waals surface area contributed by atoms with Crippen LogP contribution in [-0.4, -0.2) is 34.2 Å². The van der Waals surface area contributed by atoms with Crippen LogP contribution in [0.1, 0.15) is 52.0 Å². The molecule has 4 heteroatoms. The first-order valence-corrected chi connectivity index (χ1v) is 8.41. The number of aromatic amines is 1. The summed E-state index contributed by atoms with van der Waals surface area (Å²) in [4.78, 5) is 17.6. The molecule has 2 heterocycles. The number of H-pyrrole nitrogens is 1. The number of benzene rings is 1. The van der Waals surface area contributed by atoms with Gasteiger partial charge in [0.15, 0.2) is 0 Å². The van der Waals surface area contributed by atoms with E-state index in [0.29, 0.717) is 5.92 Å². The average molecular weight is 314 g/mol. The number of para-hydroxylation sites is 1. The van der Waals surface area contributed by atoms with Crippen LogP contribution < -0.4 is 0 Å². The number of rotatable bonds is 1. The highest BCUT2D eigenvalue weighted by molar-refractivity contribution is 5.83. The zero-order valence-corrected chi connectivity index (χ0v) is 14.4. The lowest BCUT2D eigenvalue weighted by atomic mass is 9.86. The summed E-state index contributed by atoms with van der Waals surface area (Å²) in [6.07, 6.45) is 3.89. The molecule has 1 fully saturated rings. The van der Waals surface area contributed by atoms with Gasteiger partial charge in [-0.3, -0.25) is 0 Å². The van der Waals surface area contributed by atoms with E-state index in [1.165, 1.54) is 16.5 Å². The lowest BCUT2D eigenvalue weighted by Crippen LogP contribution is -2.46. The van der Waals surface area contributed by atoms with E-state index in [4.69, 9.17) is 4.74 Å². The van der Waals surface area contributed by atoms with Gasteiger partial charge in [-0.25, -0.2) is 4.79 Å². The minimum absolute atomic E-state index is 0.192. The number of nitrogens with one attached hydrogen (secondary N) is 1. The number of carbonyl (C=O) groups is 1. The van der Waals surface area contributed by atoms with Gasteiger partial charge in [-0.1, -0.05) is 18.2 Å². The molecule has 3 rings (SSSR count). The monoisotopic (exact) mass is 314 g/mol. The molecule has 0 aliphatic carbocycles. The van der Waals surface area contributed by atoms with E-state index in [9.17, 15) is 4.79 Å². The second-order valence-electron chi connectivity index (χ2n) is 7.53. The number of amides is 1. The predicted molar refractivity (Wildman–Crippen MR) is 92.7 cm³/mol. The molecule has 1 aromatic heterocycles. The highest BCUT2D eigenvalue weighted by Gasteiger charge is 2.33. The number of nitrogens with zero attached hydrogens (tertiary/aromatic N) is 1. The fourth-order valence-electron chi connectivity index (χ4n) is 3.48. The van der Waals surface area contributed by atoms with Crippen LogP contribution in [-0.2, 0) is 4.74 Å². The number of likely N-dealkylation sites (tertiary alicyclic amines) is 1. The quantitative estimate of drug-likeness (QED) is 0.831. The maximum atomic E-state index is 12.3. The van der Waals surface area contributed by atoms with Crippen LogP contribution in [0.25, 0.3) is 10.9 Å². The normalized spacial score (nSPS) is 22.3. The van der Waals surface area contributed by atoms with Crippen LogP contribution in [0.5, 0.6) is 0 Å². The highest BCUT2D eigenvalue weighted by Crippen LogP contribution is 2.35. The van der Waals surface area contributed by atoms with Crippen molar-refractivity contribution >= 4 is 17.0 Å². The summed E-state index contributed by atoms with van der Waals surface area (Å²) in [6, 6.07) is 8.61. The summed E-state index contributed by atoms with van der Waals surface area (Å²) in [7, 11) is 0. The van der Waals surface area contributed by atoms with Crippen molar-refractivity contribution in [2.45, 2.75) is 58.1 Å². The van der Waals surface area contributed by atoms with Crippen LogP contribution in [0.2, 0.25) is 0 Å². The number of hydrogen-bond donors (Lipinski definition) is 1. The van der Waals surface area contributed by atoms with E-state index < -0.39 is 5.60 Å². The SMILES string of the molecule is CC1CC(c2c[nH]c3ccccc23)CCN1C(=O)OC(C)(C)C. The predicted octanol–water partition coefficient (Wildman–Crippen LogP) is 4.67. The minimum atomic E-state index is -0.440. The zero-order valence-electron chi connectivity index (χ0n) is 14.4. The molecule has 2 aromatic rings. The molecule has 0 saturated carbocycles. The van der Waals surface area contributed by atoms with E-state index in [1.807, 2.05) is 25.7 Å². The molecule has 2 atom stereocenters. The fourth-order valence-corrected chi connectivity index (χ4v) is 3.48. The highest BCUT2D eigenvalue weighted by atomic mass is 16.6. The maximum absolute atomic E-state index is 12.3. The van der Waals surface area contributed by atoms with Gasteiger partial charge in [-0.2, -0.15) is 0 Å². The standard InChI is InChI=1S/C19H26N2O2/c1-13-11-14(9-10-21(13)18(22)23-19(2,3)4)16-12-20-17-8-6-5-7-15(16)17/h5-8,12-14,20H,9-11H2,1-4H3. The molecule has 1 N–H and O–H groups in total. The third-order valence-corrected chi connectivity index (χ3v) is 4.57. The Labute approximate surface area is 137 Å². The Morgan fingerprint density at radius 1 is 1.30 bits per heavy atom. The van der Waals surface area contributed by atoms with E-state index >= 15 is 0 Å². The molecule has 1 aliphatic rings. The van der Waals surface area contributed by atoms with E-state index in [2.05, 4.69) is 42.4 Å². The summed E-state index contributed by atoms with van der Waals surface area (Å²) in [5.74, 6) is 0.486. The molecule has 2 unspecified atom stereocenters. The van der Waals surface area contributed by atoms with Gasteiger partial charge < -0.3 is 14.6 Å². The minimum Gasteiger partial charge on any atom is -0.444 e. The number of carbonyl (C=O) groups excluding carboxylic acids is 1. The molecule has 4 nitrogen and oxygen atoms in total. The lowest BCUT2D eigenvalue weighted by Gasteiger charge is -2.38. The first-order chi connectivity index (χ1) is 10.8. The first-order valence-electron chi connectivity index (χ1n) is 8.41. The van der Waals surface area contributed by atoms with Gasteiger partial charge in [0.1, 0.15) is 5.60 Å². The van der Waals surface area contributed by atoms with Crippen LogP contribution in [0.15, 0.2) is 30.5 Å². The maximum Gasteiger partial charge on any atom is 0.410 e. The van der Waals surface area contributed by atoms with E-state index in [-0.39, 0.29) is 12.1 Å². The topological polar surface area (TPSA) is 45.3 Å². The summed E-state index contributed by atoms with van der Waals surface area (Å²) in [5, 5.41) is 1.30. The molecule has 1 saturated heterocycles. The number of hydrogen-bond acceptors (Lipinski definition) is 2. The van der Waals surface area contributed by atoms with Crippen LogP contribution >= 0.6 is 0 Å². The van der Waals surface area contributed by atoms with Crippen molar-refractivity contribution in [1.29, 1.82) is 0 Å². The Kier molecular flexibility index (Phi) is 4.09. The van der Waals surface area contributed by atoms with Gasteiger partial charge in [0, 0.05) is 29.7 Å². The second-order valence-corrected chi connectivity index (χ2v) is 7.53. The molecule has 0 bridgehead atoms. The van der Waals surface area contributed by atoms with Crippen molar-refractivity contribution in [2.75, 3.05) is 6.54 Å². The average Bonchev–Trinajstić information content (AvgIpc) is 2.89. The van der Waals surface area contributed by atoms with Gasteiger partial charge in [0.25, 0.3) is 0 Å². The third kappa shape index (κ3) is 3.36. The molecule has 0 spiro atoms. The molecule has 1 aliphatic heterocycles. The number of fused-ring (bicyclic) bond motifs is 1. The van der Waals surface area contributed by atoms with Gasteiger partial charge in [-0.05, 0) is 58.1 Å². The smallest absolute Gasteiger partial charge is 0.410 e. The van der Waals surface area contributed by atoms with E-state index in [0.717, 1.165) is 19.4 Å². The van der Waals surface area contributed by atoms with Crippen molar-refractivity contribution in [3.8, 4) is 0 Å². The van der Waals surface area contributed by atoms with Gasteiger partial charge in [0.2, 0.25) is 0 Å². The molecule has 124 valence electrons. The van der Waals surface area contributed by atoms with Crippen LogP contribution in [0.3, 0.4) is 0 Å².